The number of benzene rings is 2. The van der Waals surface area contributed by atoms with E-state index in [2.05, 4.69) is 10.3 Å². The van der Waals surface area contributed by atoms with Gasteiger partial charge in [0.05, 0.1) is 17.7 Å². The van der Waals surface area contributed by atoms with E-state index in [1.54, 1.807) is 49.8 Å². The van der Waals surface area contributed by atoms with Gasteiger partial charge in [-0.25, -0.2) is 0 Å². The van der Waals surface area contributed by atoms with E-state index >= 15 is 0 Å². The lowest BCUT2D eigenvalue weighted by Gasteiger charge is -2.13. The second-order valence-corrected chi connectivity index (χ2v) is 6.44. The zero-order chi connectivity index (χ0) is 19.2. The SMILES string of the molecule is COc1ccc(NC(=O)c2ccc(Cl)cc2Cl)cc1OCc1cccnc1. The Morgan fingerprint density at radius 1 is 1.11 bits per heavy atom. The van der Waals surface area contributed by atoms with Crippen LogP contribution in [0.25, 0.3) is 0 Å². The molecule has 0 fully saturated rings. The highest BCUT2D eigenvalue weighted by atomic mass is 35.5. The van der Waals surface area contributed by atoms with Gasteiger partial charge in [0.15, 0.2) is 11.5 Å². The summed E-state index contributed by atoms with van der Waals surface area (Å²) in [6, 6.07) is 13.6. The standard InChI is InChI=1S/C20H16Cl2N2O3/c1-26-18-7-5-15(10-19(18)27-12-13-3-2-8-23-11-13)24-20(25)16-6-4-14(21)9-17(16)22/h2-11H,12H2,1H3,(H,24,25). The van der Waals surface area contributed by atoms with Crippen LogP contribution in [0.4, 0.5) is 5.69 Å². The minimum Gasteiger partial charge on any atom is -0.493 e. The molecule has 3 rings (SSSR count). The number of hydrogen-bond acceptors (Lipinski definition) is 4. The van der Waals surface area contributed by atoms with Gasteiger partial charge < -0.3 is 14.8 Å². The van der Waals surface area contributed by atoms with Gasteiger partial charge in [0.1, 0.15) is 6.61 Å². The van der Waals surface area contributed by atoms with Crippen LogP contribution in [0.1, 0.15) is 15.9 Å². The van der Waals surface area contributed by atoms with Crippen molar-refractivity contribution >= 4 is 34.8 Å². The van der Waals surface area contributed by atoms with Gasteiger partial charge in [-0.2, -0.15) is 0 Å². The fraction of sp³-hybridized carbons (Fsp3) is 0.100. The molecule has 7 heteroatoms. The van der Waals surface area contributed by atoms with E-state index in [4.69, 9.17) is 32.7 Å². The first-order valence-electron chi connectivity index (χ1n) is 8.03. The molecule has 0 aliphatic heterocycles. The Kier molecular flexibility index (Phi) is 6.16. The first kappa shape index (κ1) is 19.0. The van der Waals surface area contributed by atoms with Crippen LogP contribution in [0.5, 0.6) is 11.5 Å². The molecule has 138 valence electrons. The third kappa shape index (κ3) is 4.90. The fourth-order valence-corrected chi connectivity index (χ4v) is 2.88. The van der Waals surface area contributed by atoms with Crippen molar-refractivity contribution in [1.82, 2.24) is 4.98 Å². The van der Waals surface area contributed by atoms with Crippen molar-refractivity contribution in [3.05, 3.63) is 82.1 Å². The number of anilines is 1. The highest BCUT2D eigenvalue weighted by Gasteiger charge is 2.13. The predicted octanol–water partition coefficient (Wildman–Crippen LogP) is 5.23. The largest absolute Gasteiger partial charge is 0.493 e. The molecule has 0 spiro atoms. The molecule has 0 unspecified atom stereocenters. The number of amides is 1. The Bertz CT molecular complexity index is 949. The molecule has 27 heavy (non-hydrogen) atoms. The minimum absolute atomic E-state index is 0.279. The maximum atomic E-state index is 12.5. The molecule has 0 bridgehead atoms. The van der Waals surface area contributed by atoms with Gasteiger partial charge in [-0.1, -0.05) is 29.3 Å². The number of hydrogen-bond donors (Lipinski definition) is 1. The molecule has 0 radical (unpaired) electrons. The summed E-state index contributed by atoms with van der Waals surface area (Å²) in [5.41, 5.74) is 1.80. The number of carbonyl (C=O) groups excluding carboxylic acids is 1. The minimum atomic E-state index is -0.347. The molecule has 1 aromatic heterocycles. The van der Waals surface area contributed by atoms with Gasteiger partial charge >= 0.3 is 0 Å². The molecule has 5 nitrogen and oxygen atoms in total. The highest BCUT2D eigenvalue weighted by molar-refractivity contribution is 6.37. The number of methoxy groups -OCH3 is 1. The van der Waals surface area contributed by atoms with Crippen LogP contribution < -0.4 is 14.8 Å². The lowest BCUT2D eigenvalue weighted by Crippen LogP contribution is -2.12. The van der Waals surface area contributed by atoms with Crippen molar-refractivity contribution in [2.45, 2.75) is 6.61 Å². The fourth-order valence-electron chi connectivity index (χ4n) is 2.38. The van der Waals surface area contributed by atoms with Crippen molar-refractivity contribution in [2.24, 2.45) is 0 Å². The molecule has 1 N–H and O–H groups in total. The summed E-state index contributed by atoms with van der Waals surface area (Å²) in [5.74, 6) is 0.711. The second-order valence-electron chi connectivity index (χ2n) is 5.59. The predicted molar refractivity (Wildman–Crippen MR) is 106 cm³/mol. The van der Waals surface area contributed by atoms with E-state index in [-0.39, 0.29) is 10.9 Å². The molecule has 0 saturated carbocycles. The molecule has 0 saturated heterocycles. The van der Waals surface area contributed by atoms with E-state index in [1.165, 1.54) is 6.07 Å². The number of rotatable bonds is 6. The maximum Gasteiger partial charge on any atom is 0.257 e. The molecular formula is C20H16Cl2N2O3. The van der Waals surface area contributed by atoms with Gasteiger partial charge in [-0.3, -0.25) is 9.78 Å². The van der Waals surface area contributed by atoms with Gasteiger partial charge in [-0.05, 0) is 36.4 Å². The van der Waals surface area contributed by atoms with Crippen molar-refractivity contribution in [1.29, 1.82) is 0 Å². The van der Waals surface area contributed by atoms with Gasteiger partial charge in [0.25, 0.3) is 5.91 Å². The van der Waals surface area contributed by atoms with E-state index in [0.29, 0.717) is 34.4 Å². The smallest absolute Gasteiger partial charge is 0.257 e. The molecule has 2 aromatic carbocycles. The number of ether oxygens (including phenoxy) is 2. The van der Waals surface area contributed by atoms with Crippen molar-refractivity contribution < 1.29 is 14.3 Å². The van der Waals surface area contributed by atoms with Crippen LogP contribution in [0, 0.1) is 0 Å². The molecule has 1 heterocycles. The van der Waals surface area contributed by atoms with E-state index in [0.717, 1.165) is 5.56 Å². The molecule has 0 atom stereocenters. The number of halogens is 2. The van der Waals surface area contributed by atoms with Gasteiger partial charge in [0, 0.05) is 34.7 Å². The summed E-state index contributed by atoms with van der Waals surface area (Å²) >= 11 is 12.0. The number of nitrogens with zero attached hydrogens (tertiary/aromatic N) is 1. The summed E-state index contributed by atoms with van der Waals surface area (Å²) < 4.78 is 11.1. The molecule has 3 aromatic rings. The summed E-state index contributed by atoms with van der Waals surface area (Å²) in [6.45, 7) is 0.324. The molecule has 0 aliphatic rings. The first-order valence-corrected chi connectivity index (χ1v) is 8.78. The molecule has 0 aliphatic carbocycles. The average molecular weight is 403 g/mol. The monoisotopic (exact) mass is 402 g/mol. The summed E-state index contributed by atoms with van der Waals surface area (Å²) in [5, 5.41) is 3.54. The van der Waals surface area contributed by atoms with Crippen molar-refractivity contribution in [2.75, 3.05) is 12.4 Å². The number of nitrogens with one attached hydrogen (secondary N) is 1. The Labute approximate surface area is 166 Å². The van der Waals surface area contributed by atoms with Crippen LogP contribution in [0.2, 0.25) is 10.0 Å². The highest BCUT2D eigenvalue weighted by Crippen LogP contribution is 2.31. The van der Waals surface area contributed by atoms with Crippen LogP contribution >= 0.6 is 23.2 Å². The lowest BCUT2D eigenvalue weighted by atomic mass is 10.2. The second kappa shape index (κ2) is 8.75. The Morgan fingerprint density at radius 3 is 2.67 bits per heavy atom. The van der Waals surface area contributed by atoms with Crippen molar-refractivity contribution in [3.8, 4) is 11.5 Å². The topological polar surface area (TPSA) is 60.5 Å². The summed E-state index contributed by atoms with van der Waals surface area (Å²) in [7, 11) is 1.55. The molecule has 1 amide bonds. The van der Waals surface area contributed by atoms with Crippen molar-refractivity contribution in [3.63, 3.8) is 0 Å². The number of carbonyl (C=O) groups is 1. The van der Waals surface area contributed by atoms with E-state index < -0.39 is 0 Å². The maximum absolute atomic E-state index is 12.5. The number of pyridine rings is 1. The van der Waals surface area contributed by atoms with E-state index in [1.807, 2.05) is 12.1 Å². The van der Waals surface area contributed by atoms with Gasteiger partial charge in [-0.15, -0.1) is 0 Å². The number of aromatic nitrogens is 1. The zero-order valence-corrected chi connectivity index (χ0v) is 15.9. The van der Waals surface area contributed by atoms with E-state index in [9.17, 15) is 4.79 Å². The van der Waals surface area contributed by atoms with Crippen LogP contribution in [0.3, 0.4) is 0 Å². The third-order valence-corrected chi connectivity index (χ3v) is 4.26. The Balaban J connectivity index is 1.77. The Hall–Kier alpha value is -2.76. The zero-order valence-electron chi connectivity index (χ0n) is 14.4. The normalized spacial score (nSPS) is 10.3. The van der Waals surface area contributed by atoms with Gasteiger partial charge in [0.2, 0.25) is 0 Å². The lowest BCUT2D eigenvalue weighted by molar-refractivity contribution is 0.102. The molecular weight excluding hydrogens is 387 g/mol. The van der Waals surface area contributed by atoms with Crippen LogP contribution in [-0.2, 0) is 6.61 Å². The summed E-state index contributed by atoms with van der Waals surface area (Å²) in [6.07, 6.45) is 3.42. The first-order chi connectivity index (χ1) is 13.1. The average Bonchev–Trinajstić information content (AvgIpc) is 2.67. The summed E-state index contributed by atoms with van der Waals surface area (Å²) in [4.78, 5) is 16.5. The van der Waals surface area contributed by atoms with Crippen LogP contribution in [0.15, 0.2) is 60.9 Å². The quantitative estimate of drug-likeness (QED) is 0.613. The third-order valence-electron chi connectivity index (χ3n) is 3.71. The Morgan fingerprint density at radius 2 is 1.96 bits per heavy atom. The van der Waals surface area contributed by atoms with Crippen LogP contribution in [-0.4, -0.2) is 18.0 Å².